The summed E-state index contributed by atoms with van der Waals surface area (Å²) in [6.45, 7) is 5.47. The number of hydrogen-bond acceptors (Lipinski definition) is 3. The number of methoxy groups -OCH3 is 1. The van der Waals surface area contributed by atoms with Gasteiger partial charge < -0.3 is 15.0 Å². The molecule has 0 saturated heterocycles. The monoisotopic (exact) mass is 238 g/mol. The van der Waals surface area contributed by atoms with Crippen LogP contribution in [0.25, 0.3) is 0 Å². The summed E-state index contributed by atoms with van der Waals surface area (Å²) < 4.78 is 7.18. The summed E-state index contributed by atoms with van der Waals surface area (Å²) in [4.78, 5) is 10.5. The number of rotatable bonds is 5. The van der Waals surface area contributed by atoms with E-state index in [1.807, 2.05) is 19.9 Å². The smallest absolute Gasteiger partial charge is 0.332 e. The molecule has 3 N–H and O–H groups in total. The van der Waals surface area contributed by atoms with Crippen LogP contribution in [0, 0.1) is 13.8 Å². The molecule has 0 aromatic carbocycles. The van der Waals surface area contributed by atoms with Crippen molar-refractivity contribution in [3.05, 3.63) is 23.0 Å². The van der Waals surface area contributed by atoms with Crippen molar-refractivity contribution in [1.82, 2.24) is 9.99 Å². The molecule has 6 heteroatoms. The lowest BCUT2D eigenvalue weighted by molar-refractivity contribution is 0.186. The van der Waals surface area contributed by atoms with E-state index < -0.39 is 6.03 Å². The number of nitrogens with one attached hydrogen (secondary N) is 1. The first-order valence-corrected chi connectivity index (χ1v) is 5.30. The minimum absolute atomic E-state index is 0.659. The highest BCUT2D eigenvalue weighted by Crippen LogP contribution is 2.12. The van der Waals surface area contributed by atoms with E-state index in [-0.39, 0.29) is 0 Å². The van der Waals surface area contributed by atoms with Gasteiger partial charge in [-0.1, -0.05) is 0 Å². The number of hydrazone groups is 1. The van der Waals surface area contributed by atoms with Gasteiger partial charge in [0.25, 0.3) is 0 Å². The normalized spacial score (nSPS) is 11.0. The van der Waals surface area contributed by atoms with Crippen LogP contribution in [0.4, 0.5) is 4.79 Å². The SMILES string of the molecule is COCCn1c(C)cc(/C=N/NC(N)=O)c1C. The van der Waals surface area contributed by atoms with Crippen molar-refractivity contribution in [3.8, 4) is 0 Å². The van der Waals surface area contributed by atoms with Crippen LogP contribution >= 0.6 is 0 Å². The van der Waals surface area contributed by atoms with Crippen LogP contribution < -0.4 is 11.2 Å². The Morgan fingerprint density at radius 1 is 1.65 bits per heavy atom. The molecule has 6 nitrogen and oxygen atoms in total. The molecule has 1 aromatic rings. The summed E-state index contributed by atoms with van der Waals surface area (Å²) >= 11 is 0. The van der Waals surface area contributed by atoms with Crippen molar-refractivity contribution in [2.24, 2.45) is 10.8 Å². The second-order valence-corrected chi connectivity index (χ2v) is 3.71. The lowest BCUT2D eigenvalue weighted by Crippen LogP contribution is -2.24. The first-order valence-electron chi connectivity index (χ1n) is 5.30. The summed E-state index contributed by atoms with van der Waals surface area (Å²) in [6.07, 6.45) is 1.58. The Morgan fingerprint density at radius 2 is 2.35 bits per heavy atom. The molecule has 1 aromatic heterocycles. The molecule has 94 valence electrons. The van der Waals surface area contributed by atoms with Crippen molar-refractivity contribution in [2.75, 3.05) is 13.7 Å². The van der Waals surface area contributed by atoms with E-state index in [0.29, 0.717) is 6.61 Å². The number of carbonyl (C=O) groups is 1. The molecule has 0 spiro atoms. The fraction of sp³-hybridized carbons (Fsp3) is 0.455. The fourth-order valence-corrected chi connectivity index (χ4v) is 1.65. The van der Waals surface area contributed by atoms with E-state index >= 15 is 0 Å². The zero-order valence-corrected chi connectivity index (χ0v) is 10.4. The topological polar surface area (TPSA) is 81.6 Å². The van der Waals surface area contributed by atoms with Gasteiger partial charge in [0.05, 0.1) is 12.8 Å². The Kier molecular flexibility index (Phi) is 4.71. The molecule has 0 saturated carbocycles. The third-order valence-electron chi connectivity index (χ3n) is 2.51. The molecule has 0 atom stereocenters. The van der Waals surface area contributed by atoms with Crippen LogP contribution in [0.15, 0.2) is 11.2 Å². The summed E-state index contributed by atoms with van der Waals surface area (Å²) in [5, 5.41) is 3.74. The highest BCUT2D eigenvalue weighted by molar-refractivity contribution is 5.83. The molecule has 0 aliphatic heterocycles. The molecule has 1 heterocycles. The van der Waals surface area contributed by atoms with Gasteiger partial charge >= 0.3 is 6.03 Å². The molecule has 0 aliphatic carbocycles. The average Bonchev–Trinajstić information content (AvgIpc) is 2.52. The van der Waals surface area contributed by atoms with Crippen molar-refractivity contribution in [1.29, 1.82) is 0 Å². The zero-order valence-electron chi connectivity index (χ0n) is 10.4. The van der Waals surface area contributed by atoms with E-state index in [2.05, 4.69) is 15.1 Å². The Labute approximate surface area is 100 Å². The van der Waals surface area contributed by atoms with Gasteiger partial charge in [-0.3, -0.25) is 0 Å². The minimum Gasteiger partial charge on any atom is -0.383 e. The standard InChI is InChI=1S/C11H18N4O2/c1-8-6-10(7-13-14-11(12)16)9(2)15(8)4-5-17-3/h6-7H,4-5H2,1-3H3,(H3,12,14,16)/b13-7+. The van der Waals surface area contributed by atoms with Crippen molar-refractivity contribution in [2.45, 2.75) is 20.4 Å². The van der Waals surface area contributed by atoms with Gasteiger partial charge in [0, 0.05) is 30.6 Å². The minimum atomic E-state index is -0.672. The van der Waals surface area contributed by atoms with Crippen LogP contribution in [-0.2, 0) is 11.3 Å². The number of aryl methyl sites for hydroxylation is 1. The van der Waals surface area contributed by atoms with Crippen LogP contribution in [0.2, 0.25) is 0 Å². The van der Waals surface area contributed by atoms with Crippen LogP contribution in [0.5, 0.6) is 0 Å². The number of carbonyl (C=O) groups excluding carboxylic acids is 1. The highest BCUT2D eigenvalue weighted by atomic mass is 16.5. The molecule has 17 heavy (non-hydrogen) atoms. The molecule has 0 unspecified atom stereocenters. The molecular weight excluding hydrogens is 220 g/mol. The molecular formula is C11H18N4O2. The van der Waals surface area contributed by atoms with E-state index in [9.17, 15) is 4.79 Å². The second kappa shape index (κ2) is 6.05. The zero-order chi connectivity index (χ0) is 12.8. The number of urea groups is 1. The van der Waals surface area contributed by atoms with E-state index in [1.54, 1.807) is 13.3 Å². The first-order chi connectivity index (χ1) is 8.06. The number of amides is 2. The number of hydrogen-bond donors (Lipinski definition) is 2. The fourth-order valence-electron chi connectivity index (χ4n) is 1.65. The number of ether oxygens (including phenoxy) is 1. The van der Waals surface area contributed by atoms with Crippen LogP contribution in [0.3, 0.4) is 0 Å². The lowest BCUT2D eigenvalue weighted by atomic mass is 10.3. The molecule has 0 radical (unpaired) electrons. The molecule has 2 amide bonds. The maximum atomic E-state index is 10.5. The third kappa shape index (κ3) is 3.60. The molecule has 0 bridgehead atoms. The average molecular weight is 238 g/mol. The molecule has 1 rings (SSSR count). The van der Waals surface area contributed by atoms with Crippen molar-refractivity contribution in [3.63, 3.8) is 0 Å². The number of nitrogens with two attached hydrogens (primary N) is 1. The largest absolute Gasteiger partial charge is 0.383 e. The van der Waals surface area contributed by atoms with E-state index in [1.165, 1.54) is 0 Å². The van der Waals surface area contributed by atoms with Gasteiger partial charge in [-0.05, 0) is 19.9 Å². The van der Waals surface area contributed by atoms with E-state index in [4.69, 9.17) is 10.5 Å². The summed E-state index contributed by atoms with van der Waals surface area (Å²) in [5.74, 6) is 0. The number of aromatic nitrogens is 1. The Hall–Kier alpha value is -1.82. The second-order valence-electron chi connectivity index (χ2n) is 3.71. The van der Waals surface area contributed by atoms with Crippen LogP contribution in [-0.4, -0.2) is 30.5 Å². The van der Waals surface area contributed by atoms with Gasteiger partial charge in [-0.2, -0.15) is 5.10 Å². The summed E-state index contributed by atoms with van der Waals surface area (Å²) in [7, 11) is 1.67. The van der Waals surface area contributed by atoms with Gasteiger partial charge in [-0.25, -0.2) is 10.2 Å². The quantitative estimate of drug-likeness (QED) is 0.586. The maximum Gasteiger partial charge on any atom is 0.332 e. The summed E-state index contributed by atoms with van der Waals surface area (Å²) in [5.41, 5.74) is 10.2. The molecule has 0 fully saturated rings. The number of primary amides is 1. The maximum absolute atomic E-state index is 10.5. The Balaban J connectivity index is 2.80. The van der Waals surface area contributed by atoms with Crippen molar-refractivity contribution >= 4 is 12.2 Å². The first kappa shape index (κ1) is 13.2. The summed E-state index contributed by atoms with van der Waals surface area (Å²) in [6, 6.07) is 1.33. The lowest BCUT2D eigenvalue weighted by Gasteiger charge is -2.08. The van der Waals surface area contributed by atoms with E-state index in [0.717, 1.165) is 23.5 Å². The van der Waals surface area contributed by atoms with Gasteiger partial charge in [0.2, 0.25) is 0 Å². The van der Waals surface area contributed by atoms with Crippen molar-refractivity contribution < 1.29 is 9.53 Å². The van der Waals surface area contributed by atoms with Gasteiger partial charge in [0.1, 0.15) is 0 Å². The molecule has 0 aliphatic rings. The Morgan fingerprint density at radius 3 is 2.94 bits per heavy atom. The predicted molar refractivity (Wildman–Crippen MR) is 66.1 cm³/mol. The predicted octanol–water partition coefficient (Wildman–Crippen LogP) is 0.754. The third-order valence-corrected chi connectivity index (χ3v) is 2.51. The van der Waals surface area contributed by atoms with Crippen LogP contribution in [0.1, 0.15) is 17.0 Å². The highest BCUT2D eigenvalue weighted by Gasteiger charge is 2.06. The number of nitrogens with zero attached hydrogens (tertiary/aromatic N) is 2. The van der Waals surface area contributed by atoms with Gasteiger partial charge in [0.15, 0.2) is 0 Å². The Bertz CT molecular complexity index is 423. The van der Waals surface area contributed by atoms with Gasteiger partial charge in [-0.15, -0.1) is 0 Å².